The van der Waals surface area contributed by atoms with Gasteiger partial charge in [-0.2, -0.15) is 4.98 Å². The van der Waals surface area contributed by atoms with Gasteiger partial charge < -0.3 is 10.2 Å². The van der Waals surface area contributed by atoms with Gasteiger partial charge in [0.15, 0.2) is 0 Å². The minimum atomic E-state index is 0.428. The maximum absolute atomic E-state index is 5.93. The number of nitrogens with two attached hydrogens (primary N) is 1. The molecule has 3 N–H and O–H groups in total. The first-order chi connectivity index (χ1) is 9.65. The summed E-state index contributed by atoms with van der Waals surface area (Å²) in [7, 11) is 0. The number of hydrogen-bond donors (Lipinski definition) is 2. The van der Waals surface area contributed by atoms with Crippen molar-refractivity contribution in [3.8, 4) is 11.6 Å². The molecule has 0 spiro atoms. The zero-order valence-corrected chi connectivity index (χ0v) is 11.8. The third kappa shape index (κ3) is 2.84. The first kappa shape index (κ1) is 13.1. The zero-order chi connectivity index (χ0) is 14.1. The van der Waals surface area contributed by atoms with Crippen LogP contribution in [0.2, 0.25) is 5.02 Å². The van der Waals surface area contributed by atoms with Crippen molar-refractivity contribution in [2.24, 2.45) is 5.84 Å². The van der Waals surface area contributed by atoms with E-state index in [9.17, 15) is 0 Å². The van der Waals surface area contributed by atoms with E-state index in [1.807, 2.05) is 19.1 Å². The molecule has 6 heteroatoms. The molecule has 0 radical (unpaired) electrons. The molecule has 1 aliphatic rings. The number of anilines is 1. The molecule has 1 heterocycles. The molecule has 0 unspecified atom stereocenters. The van der Waals surface area contributed by atoms with Crippen LogP contribution in [0.4, 0.5) is 5.82 Å². The van der Waals surface area contributed by atoms with E-state index in [1.54, 1.807) is 12.1 Å². The number of benzene rings is 1. The van der Waals surface area contributed by atoms with Gasteiger partial charge in [-0.05, 0) is 43.5 Å². The Kier molecular flexibility index (Phi) is 3.46. The largest absolute Gasteiger partial charge is 0.439 e. The summed E-state index contributed by atoms with van der Waals surface area (Å²) in [4.78, 5) is 8.78. The fourth-order valence-electron chi connectivity index (χ4n) is 1.93. The number of ether oxygens (including phenoxy) is 1. The van der Waals surface area contributed by atoms with Crippen LogP contribution in [0, 0.1) is 6.92 Å². The molecule has 1 aromatic carbocycles. The molecule has 5 nitrogen and oxygen atoms in total. The quantitative estimate of drug-likeness (QED) is 0.667. The number of rotatable bonds is 4. The Hall–Kier alpha value is -1.85. The average Bonchev–Trinajstić information content (AvgIpc) is 3.26. The second kappa shape index (κ2) is 5.26. The van der Waals surface area contributed by atoms with Gasteiger partial charge >= 0.3 is 0 Å². The Labute approximate surface area is 122 Å². The summed E-state index contributed by atoms with van der Waals surface area (Å²) in [6.45, 7) is 1.94. The predicted octanol–water partition coefficient (Wildman–Crippen LogP) is 3.39. The van der Waals surface area contributed by atoms with Crippen molar-refractivity contribution >= 4 is 17.4 Å². The van der Waals surface area contributed by atoms with Crippen molar-refractivity contribution in [3.05, 3.63) is 40.7 Å². The molecule has 0 atom stereocenters. The molecular weight excluding hydrogens is 276 g/mol. The number of nitrogens with zero attached hydrogens (tertiary/aromatic N) is 2. The lowest BCUT2D eigenvalue weighted by Crippen LogP contribution is -2.10. The van der Waals surface area contributed by atoms with Gasteiger partial charge in [-0.1, -0.05) is 11.6 Å². The summed E-state index contributed by atoms with van der Waals surface area (Å²) in [6.07, 6.45) is 2.24. The van der Waals surface area contributed by atoms with E-state index in [0.29, 0.717) is 22.6 Å². The zero-order valence-electron chi connectivity index (χ0n) is 11.1. The smallest absolute Gasteiger partial charge is 0.224 e. The fraction of sp³-hybridized carbons (Fsp3) is 0.286. The molecule has 2 aromatic rings. The summed E-state index contributed by atoms with van der Waals surface area (Å²) in [6, 6.07) is 7.14. The Bertz CT molecular complexity index is 643. The van der Waals surface area contributed by atoms with Gasteiger partial charge in [-0.3, -0.25) is 0 Å². The first-order valence-electron chi connectivity index (χ1n) is 6.45. The first-order valence-corrected chi connectivity index (χ1v) is 6.83. The lowest BCUT2D eigenvalue weighted by atomic mass is 10.2. The van der Waals surface area contributed by atoms with E-state index in [1.165, 1.54) is 0 Å². The Morgan fingerprint density at radius 3 is 2.75 bits per heavy atom. The summed E-state index contributed by atoms with van der Waals surface area (Å²) in [5.74, 6) is 8.41. The van der Waals surface area contributed by atoms with Gasteiger partial charge in [0, 0.05) is 17.0 Å². The molecule has 1 aliphatic carbocycles. The molecule has 1 fully saturated rings. The number of hydrogen-bond acceptors (Lipinski definition) is 5. The monoisotopic (exact) mass is 290 g/mol. The predicted molar refractivity (Wildman–Crippen MR) is 78.1 cm³/mol. The van der Waals surface area contributed by atoms with E-state index >= 15 is 0 Å². The Morgan fingerprint density at radius 2 is 2.10 bits per heavy atom. The summed E-state index contributed by atoms with van der Waals surface area (Å²) < 4.78 is 5.82. The minimum Gasteiger partial charge on any atom is -0.439 e. The number of nitrogen functional groups attached to an aromatic ring is 1. The van der Waals surface area contributed by atoms with Gasteiger partial charge in [0.1, 0.15) is 17.4 Å². The van der Waals surface area contributed by atoms with Crippen LogP contribution in [-0.4, -0.2) is 9.97 Å². The molecule has 0 aliphatic heterocycles. The van der Waals surface area contributed by atoms with Gasteiger partial charge in [-0.15, -0.1) is 0 Å². The van der Waals surface area contributed by atoms with Gasteiger partial charge in [0.2, 0.25) is 5.88 Å². The van der Waals surface area contributed by atoms with Crippen LogP contribution in [0.1, 0.15) is 30.1 Å². The van der Waals surface area contributed by atoms with Crippen molar-refractivity contribution in [3.63, 3.8) is 0 Å². The molecule has 1 saturated carbocycles. The summed E-state index contributed by atoms with van der Waals surface area (Å²) >= 11 is 5.93. The van der Waals surface area contributed by atoms with Crippen LogP contribution in [-0.2, 0) is 0 Å². The van der Waals surface area contributed by atoms with Crippen molar-refractivity contribution in [2.45, 2.75) is 25.7 Å². The summed E-state index contributed by atoms with van der Waals surface area (Å²) in [5.41, 5.74) is 3.50. The second-order valence-corrected chi connectivity index (χ2v) is 5.32. The topological polar surface area (TPSA) is 73.1 Å². The highest BCUT2D eigenvalue weighted by molar-refractivity contribution is 6.30. The van der Waals surface area contributed by atoms with E-state index in [0.717, 1.165) is 30.0 Å². The molecule has 1 aromatic heterocycles. The van der Waals surface area contributed by atoms with Gasteiger partial charge in [-0.25, -0.2) is 10.8 Å². The molecule has 0 amide bonds. The highest BCUT2D eigenvalue weighted by Crippen LogP contribution is 2.39. The number of aryl methyl sites for hydroxylation is 1. The molecule has 104 valence electrons. The molecule has 0 saturated heterocycles. The highest BCUT2D eigenvalue weighted by atomic mass is 35.5. The lowest BCUT2D eigenvalue weighted by Gasteiger charge is -2.10. The number of nitrogens with one attached hydrogen (secondary N) is 1. The van der Waals surface area contributed by atoms with E-state index in [2.05, 4.69) is 15.4 Å². The molecule has 3 rings (SSSR count). The second-order valence-electron chi connectivity index (χ2n) is 4.88. The van der Waals surface area contributed by atoms with Crippen LogP contribution in [0.15, 0.2) is 24.3 Å². The maximum atomic E-state index is 5.93. The Morgan fingerprint density at radius 1 is 1.30 bits per heavy atom. The van der Waals surface area contributed by atoms with E-state index in [4.69, 9.17) is 22.2 Å². The normalized spacial score (nSPS) is 14.2. The van der Waals surface area contributed by atoms with Crippen LogP contribution in [0.3, 0.4) is 0 Å². The third-order valence-electron chi connectivity index (χ3n) is 3.16. The number of hydrazine groups is 1. The highest BCUT2D eigenvalue weighted by Gasteiger charge is 2.27. The maximum Gasteiger partial charge on any atom is 0.224 e. The van der Waals surface area contributed by atoms with Crippen LogP contribution < -0.4 is 16.0 Å². The number of aromatic nitrogens is 2. The van der Waals surface area contributed by atoms with E-state index in [-0.39, 0.29) is 0 Å². The van der Waals surface area contributed by atoms with Crippen LogP contribution in [0.5, 0.6) is 11.6 Å². The van der Waals surface area contributed by atoms with Gasteiger partial charge in [0.25, 0.3) is 0 Å². The molecule has 0 bridgehead atoms. The SMILES string of the molecule is Cc1cc(Cl)ccc1Oc1cc(NN)nc(C2CC2)n1. The van der Waals surface area contributed by atoms with Crippen molar-refractivity contribution < 1.29 is 4.74 Å². The summed E-state index contributed by atoms with van der Waals surface area (Å²) in [5, 5.41) is 0.681. The molecule has 20 heavy (non-hydrogen) atoms. The average molecular weight is 291 g/mol. The van der Waals surface area contributed by atoms with Crippen LogP contribution in [0.25, 0.3) is 0 Å². The fourth-order valence-corrected chi connectivity index (χ4v) is 2.16. The van der Waals surface area contributed by atoms with Crippen molar-refractivity contribution in [1.82, 2.24) is 9.97 Å². The van der Waals surface area contributed by atoms with Gasteiger partial charge in [0.05, 0.1) is 0 Å². The lowest BCUT2D eigenvalue weighted by molar-refractivity contribution is 0.455. The number of halogens is 1. The third-order valence-corrected chi connectivity index (χ3v) is 3.40. The van der Waals surface area contributed by atoms with Crippen molar-refractivity contribution in [2.75, 3.05) is 5.43 Å². The van der Waals surface area contributed by atoms with E-state index < -0.39 is 0 Å². The van der Waals surface area contributed by atoms with Crippen LogP contribution >= 0.6 is 11.6 Å². The van der Waals surface area contributed by atoms with Crippen molar-refractivity contribution in [1.29, 1.82) is 0 Å². The molecular formula is C14H15ClN4O. The minimum absolute atomic E-state index is 0.428. The Balaban J connectivity index is 1.91. The standard InChI is InChI=1S/C14H15ClN4O/c1-8-6-10(15)4-5-11(8)20-13-7-12(19-16)17-14(18-13)9-2-3-9/h4-7,9H,2-3,16H2,1H3,(H,17,18,19).